The first-order valence-electron chi connectivity index (χ1n) is 5.51. The molecule has 0 aliphatic heterocycles. The van der Waals surface area contributed by atoms with Crippen LogP contribution in [0.4, 0.5) is 0 Å². The molecule has 2 aromatic heterocycles. The first kappa shape index (κ1) is 9.39. The van der Waals surface area contributed by atoms with Gasteiger partial charge < -0.3 is 5.73 Å². The number of carbonyl (C=O) groups is 1. The number of carbonyl (C=O) groups excluding carboxylic acids is 1. The average molecular weight is 215 g/mol. The van der Waals surface area contributed by atoms with Crippen LogP contribution in [0.5, 0.6) is 0 Å². The second kappa shape index (κ2) is 3.33. The van der Waals surface area contributed by atoms with Crippen LogP contribution < -0.4 is 5.73 Å². The van der Waals surface area contributed by atoms with Crippen molar-refractivity contribution < 1.29 is 4.79 Å². The van der Waals surface area contributed by atoms with Crippen molar-refractivity contribution in [2.75, 3.05) is 0 Å². The minimum absolute atomic E-state index is 0.438. The van der Waals surface area contributed by atoms with Crippen LogP contribution in [0.25, 0.3) is 5.52 Å². The van der Waals surface area contributed by atoms with E-state index in [0.29, 0.717) is 5.69 Å². The van der Waals surface area contributed by atoms with Crippen molar-refractivity contribution in [2.45, 2.75) is 19.3 Å². The second-order valence-electron chi connectivity index (χ2n) is 4.40. The standard InChI is InChI=1S/C12H13N3O/c13-12(16)11-3-1-2-10-7-9(14-15(10)11)6-8-4-5-8/h1-3,7-8H,4-6H2,(H2,13,16). The van der Waals surface area contributed by atoms with Gasteiger partial charge in [0, 0.05) is 0 Å². The molecule has 82 valence electrons. The van der Waals surface area contributed by atoms with Crippen molar-refractivity contribution in [1.29, 1.82) is 0 Å². The van der Waals surface area contributed by atoms with Crippen molar-refractivity contribution in [3.63, 3.8) is 0 Å². The minimum atomic E-state index is -0.438. The Morgan fingerprint density at radius 1 is 1.50 bits per heavy atom. The highest BCUT2D eigenvalue weighted by atomic mass is 16.1. The number of nitrogens with two attached hydrogens (primary N) is 1. The Labute approximate surface area is 93.1 Å². The summed E-state index contributed by atoms with van der Waals surface area (Å²) in [5, 5.41) is 4.43. The van der Waals surface area contributed by atoms with Gasteiger partial charge in [0.2, 0.25) is 0 Å². The monoisotopic (exact) mass is 215 g/mol. The van der Waals surface area contributed by atoms with Gasteiger partial charge in [-0.2, -0.15) is 5.10 Å². The van der Waals surface area contributed by atoms with Crippen molar-refractivity contribution in [1.82, 2.24) is 9.61 Å². The number of aromatic nitrogens is 2. The van der Waals surface area contributed by atoms with Gasteiger partial charge in [-0.15, -0.1) is 0 Å². The summed E-state index contributed by atoms with van der Waals surface area (Å²) in [6, 6.07) is 7.50. The van der Waals surface area contributed by atoms with Crippen LogP contribution in [0, 0.1) is 5.92 Å². The molecule has 0 unspecified atom stereocenters. The van der Waals surface area contributed by atoms with E-state index in [1.807, 2.05) is 18.2 Å². The van der Waals surface area contributed by atoms with E-state index in [0.717, 1.165) is 23.5 Å². The first-order valence-corrected chi connectivity index (χ1v) is 5.51. The van der Waals surface area contributed by atoms with Crippen LogP contribution in [0.1, 0.15) is 29.0 Å². The lowest BCUT2D eigenvalue weighted by Gasteiger charge is -1.98. The molecule has 0 aromatic carbocycles. The molecule has 3 rings (SSSR count). The molecule has 2 heterocycles. The van der Waals surface area contributed by atoms with Gasteiger partial charge in [0.15, 0.2) is 0 Å². The van der Waals surface area contributed by atoms with Gasteiger partial charge in [0.1, 0.15) is 5.69 Å². The summed E-state index contributed by atoms with van der Waals surface area (Å²) in [7, 11) is 0. The molecule has 0 saturated heterocycles. The molecule has 0 radical (unpaired) electrons. The quantitative estimate of drug-likeness (QED) is 0.841. The molecule has 2 N–H and O–H groups in total. The zero-order chi connectivity index (χ0) is 11.1. The molecule has 2 aromatic rings. The zero-order valence-electron chi connectivity index (χ0n) is 8.89. The Bertz CT molecular complexity index is 554. The van der Waals surface area contributed by atoms with E-state index in [2.05, 4.69) is 5.10 Å². The highest BCUT2D eigenvalue weighted by Crippen LogP contribution is 2.32. The van der Waals surface area contributed by atoms with Gasteiger partial charge in [-0.05, 0) is 43.4 Å². The van der Waals surface area contributed by atoms with Crippen LogP contribution >= 0.6 is 0 Å². The van der Waals surface area contributed by atoms with Gasteiger partial charge in [-0.1, -0.05) is 6.07 Å². The molecule has 1 aliphatic rings. The maximum atomic E-state index is 11.2. The van der Waals surface area contributed by atoms with Crippen LogP contribution in [-0.2, 0) is 6.42 Å². The third kappa shape index (κ3) is 1.56. The number of pyridine rings is 1. The summed E-state index contributed by atoms with van der Waals surface area (Å²) in [4.78, 5) is 11.2. The van der Waals surface area contributed by atoms with Crippen molar-refractivity contribution >= 4 is 11.4 Å². The lowest BCUT2D eigenvalue weighted by Crippen LogP contribution is -2.16. The molecule has 1 fully saturated rings. The summed E-state index contributed by atoms with van der Waals surface area (Å²) in [6.07, 6.45) is 3.62. The Morgan fingerprint density at radius 3 is 3.00 bits per heavy atom. The average Bonchev–Trinajstić information content (AvgIpc) is 2.95. The Balaban J connectivity index is 2.07. The maximum Gasteiger partial charge on any atom is 0.267 e. The molecule has 1 saturated carbocycles. The highest BCUT2D eigenvalue weighted by molar-refractivity contribution is 5.91. The van der Waals surface area contributed by atoms with Gasteiger partial charge in [-0.3, -0.25) is 4.79 Å². The molecule has 1 aliphatic carbocycles. The van der Waals surface area contributed by atoms with Gasteiger partial charge in [0.25, 0.3) is 5.91 Å². The third-order valence-electron chi connectivity index (χ3n) is 2.98. The maximum absolute atomic E-state index is 11.2. The molecular weight excluding hydrogens is 202 g/mol. The van der Waals surface area contributed by atoms with Gasteiger partial charge >= 0.3 is 0 Å². The third-order valence-corrected chi connectivity index (χ3v) is 2.98. The van der Waals surface area contributed by atoms with E-state index >= 15 is 0 Å². The SMILES string of the molecule is NC(=O)c1cccc2cc(CC3CC3)nn12. The normalized spacial score (nSPS) is 15.5. The fraction of sp³-hybridized carbons (Fsp3) is 0.333. The fourth-order valence-corrected chi connectivity index (χ4v) is 1.97. The largest absolute Gasteiger partial charge is 0.364 e. The molecule has 4 heteroatoms. The lowest BCUT2D eigenvalue weighted by atomic mass is 10.2. The predicted octanol–water partition coefficient (Wildman–Crippen LogP) is 1.39. The Morgan fingerprint density at radius 2 is 2.31 bits per heavy atom. The van der Waals surface area contributed by atoms with Crippen LogP contribution in [0.3, 0.4) is 0 Å². The summed E-state index contributed by atoms with van der Waals surface area (Å²) in [5.41, 5.74) is 7.74. The van der Waals surface area contributed by atoms with Crippen LogP contribution in [-0.4, -0.2) is 15.5 Å². The summed E-state index contributed by atoms with van der Waals surface area (Å²) in [5.74, 6) is 0.355. The first-order chi connectivity index (χ1) is 7.74. The van der Waals surface area contributed by atoms with Crippen molar-refractivity contribution in [2.24, 2.45) is 11.7 Å². The number of primary amides is 1. The summed E-state index contributed by atoms with van der Waals surface area (Å²) in [6.45, 7) is 0. The number of fused-ring (bicyclic) bond motifs is 1. The van der Waals surface area contributed by atoms with E-state index in [1.165, 1.54) is 12.8 Å². The van der Waals surface area contributed by atoms with E-state index < -0.39 is 5.91 Å². The lowest BCUT2D eigenvalue weighted by molar-refractivity contribution is 0.0993. The molecule has 0 spiro atoms. The van der Waals surface area contributed by atoms with E-state index in [4.69, 9.17) is 5.73 Å². The van der Waals surface area contributed by atoms with Crippen molar-refractivity contribution in [3.8, 4) is 0 Å². The zero-order valence-corrected chi connectivity index (χ0v) is 8.89. The van der Waals surface area contributed by atoms with Gasteiger partial charge in [0.05, 0.1) is 11.2 Å². The Kier molecular flexibility index (Phi) is 1.96. The highest BCUT2D eigenvalue weighted by Gasteiger charge is 2.23. The van der Waals surface area contributed by atoms with Gasteiger partial charge in [-0.25, -0.2) is 4.52 Å². The summed E-state index contributed by atoms with van der Waals surface area (Å²) < 4.78 is 1.64. The number of rotatable bonds is 3. The topological polar surface area (TPSA) is 60.4 Å². The molecule has 0 bridgehead atoms. The number of hydrogen-bond acceptors (Lipinski definition) is 2. The number of nitrogens with zero attached hydrogens (tertiary/aromatic N) is 2. The molecular formula is C12H13N3O. The minimum Gasteiger partial charge on any atom is -0.364 e. The van der Waals surface area contributed by atoms with Crippen LogP contribution in [0.2, 0.25) is 0 Å². The predicted molar refractivity (Wildman–Crippen MR) is 60.1 cm³/mol. The second-order valence-corrected chi connectivity index (χ2v) is 4.40. The van der Waals surface area contributed by atoms with Crippen molar-refractivity contribution in [3.05, 3.63) is 35.7 Å². The molecule has 1 amide bonds. The molecule has 16 heavy (non-hydrogen) atoms. The molecule has 0 atom stereocenters. The van der Waals surface area contributed by atoms with E-state index in [-0.39, 0.29) is 0 Å². The smallest absolute Gasteiger partial charge is 0.267 e. The van der Waals surface area contributed by atoms with Crippen LogP contribution in [0.15, 0.2) is 24.3 Å². The van der Waals surface area contributed by atoms with E-state index in [1.54, 1.807) is 10.6 Å². The fourth-order valence-electron chi connectivity index (χ4n) is 1.97. The Hall–Kier alpha value is -1.84. The van der Waals surface area contributed by atoms with E-state index in [9.17, 15) is 4.79 Å². The molecule has 4 nitrogen and oxygen atoms in total. The number of amides is 1. The summed E-state index contributed by atoms with van der Waals surface area (Å²) >= 11 is 0. The number of hydrogen-bond donors (Lipinski definition) is 1.